The summed E-state index contributed by atoms with van der Waals surface area (Å²) in [6.45, 7) is 4.59. The van der Waals surface area contributed by atoms with E-state index in [1.807, 2.05) is 32.0 Å². The standard InChI is InChI=1S/C12H19NOS/c1-3-12(8-13)15(14)9-11-6-4-5-10(2)7-11/h4-7,12H,3,8-9,13H2,1-2H3. The third-order valence-corrected chi connectivity index (χ3v) is 4.37. The fourth-order valence-corrected chi connectivity index (χ4v) is 2.87. The molecule has 2 unspecified atom stereocenters. The first-order valence-electron chi connectivity index (χ1n) is 5.30. The van der Waals surface area contributed by atoms with Crippen molar-refractivity contribution in [1.29, 1.82) is 0 Å². The van der Waals surface area contributed by atoms with Crippen molar-refractivity contribution in [3.8, 4) is 0 Å². The molecule has 2 nitrogen and oxygen atoms in total. The highest BCUT2D eigenvalue weighted by Gasteiger charge is 2.12. The second-order valence-corrected chi connectivity index (χ2v) is 5.50. The molecule has 0 radical (unpaired) electrons. The number of benzene rings is 1. The zero-order valence-corrected chi connectivity index (χ0v) is 10.2. The van der Waals surface area contributed by atoms with Crippen molar-refractivity contribution in [2.75, 3.05) is 6.54 Å². The summed E-state index contributed by atoms with van der Waals surface area (Å²) in [5.41, 5.74) is 7.93. The predicted octanol–water partition coefficient (Wildman–Crippen LogP) is 1.98. The number of hydrogen-bond acceptors (Lipinski definition) is 2. The average molecular weight is 225 g/mol. The van der Waals surface area contributed by atoms with Crippen LogP contribution in [0.5, 0.6) is 0 Å². The van der Waals surface area contributed by atoms with Gasteiger partial charge in [0.05, 0.1) is 0 Å². The molecule has 84 valence electrons. The van der Waals surface area contributed by atoms with Gasteiger partial charge in [-0.15, -0.1) is 0 Å². The van der Waals surface area contributed by atoms with Crippen molar-refractivity contribution in [2.24, 2.45) is 5.73 Å². The third kappa shape index (κ3) is 3.76. The molecule has 1 aromatic rings. The predicted molar refractivity (Wildman–Crippen MR) is 66.2 cm³/mol. The van der Waals surface area contributed by atoms with E-state index in [0.717, 1.165) is 12.0 Å². The summed E-state index contributed by atoms with van der Waals surface area (Å²) in [6.07, 6.45) is 0.884. The quantitative estimate of drug-likeness (QED) is 0.832. The summed E-state index contributed by atoms with van der Waals surface area (Å²) in [7, 11) is -0.842. The van der Waals surface area contributed by atoms with Gasteiger partial charge >= 0.3 is 0 Å². The SMILES string of the molecule is CCC(CN)S(=O)Cc1cccc(C)c1. The monoisotopic (exact) mass is 225 g/mol. The second-order valence-electron chi connectivity index (χ2n) is 3.78. The molecule has 0 spiro atoms. The molecule has 0 saturated heterocycles. The Hall–Kier alpha value is -0.670. The largest absolute Gasteiger partial charge is 0.329 e. The molecule has 0 aliphatic heterocycles. The Morgan fingerprint density at radius 2 is 2.20 bits per heavy atom. The molecule has 0 fully saturated rings. The maximum Gasteiger partial charge on any atom is 0.0489 e. The van der Waals surface area contributed by atoms with E-state index < -0.39 is 10.8 Å². The van der Waals surface area contributed by atoms with Crippen LogP contribution in [0.4, 0.5) is 0 Å². The molecule has 0 amide bonds. The molecule has 0 aliphatic rings. The van der Waals surface area contributed by atoms with Crippen LogP contribution in [0.15, 0.2) is 24.3 Å². The Kier molecular flexibility index (Phi) is 4.99. The van der Waals surface area contributed by atoms with Crippen LogP contribution in [0.1, 0.15) is 24.5 Å². The van der Waals surface area contributed by atoms with E-state index in [-0.39, 0.29) is 5.25 Å². The van der Waals surface area contributed by atoms with Crippen LogP contribution >= 0.6 is 0 Å². The van der Waals surface area contributed by atoms with Crippen LogP contribution in [0.3, 0.4) is 0 Å². The first kappa shape index (κ1) is 12.4. The lowest BCUT2D eigenvalue weighted by Crippen LogP contribution is -2.25. The fraction of sp³-hybridized carbons (Fsp3) is 0.500. The van der Waals surface area contributed by atoms with E-state index in [2.05, 4.69) is 6.07 Å². The van der Waals surface area contributed by atoms with E-state index in [0.29, 0.717) is 12.3 Å². The topological polar surface area (TPSA) is 43.1 Å². The number of hydrogen-bond donors (Lipinski definition) is 1. The van der Waals surface area contributed by atoms with Gasteiger partial charge in [-0.05, 0) is 18.9 Å². The molecule has 1 rings (SSSR count). The van der Waals surface area contributed by atoms with Gasteiger partial charge in [0.25, 0.3) is 0 Å². The first-order chi connectivity index (χ1) is 7.17. The Labute approximate surface area is 94.3 Å². The molecule has 15 heavy (non-hydrogen) atoms. The molecule has 0 bridgehead atoms. The van der Waals surface area contributed by atoms with Gasteiger partial charge in [-0.2, -0.15) is 0 Å². The Balaban J connectivity index is 2.65. The number of aryl methyl sites for hydroxylation is 1. The van der Waals surface area contributed by atoms with E-state index in [1.165, 1.54) is 5.56 Å². The highest BCUT2D eigenvalue weighted by molar-refractivity contribution is 7.84. The van der Waals surface area contributed by atoms with Crippen molar-refractivity contribution < 1.29 is 4.21 Å². The summed E-state index contributed by atoms with van der Waals surface area (Å²) in [5.74, 6) is 0.622. The van der Waals surface area contributed by atoms with Crippen molar-refractivity contribution in [1.82, 2.24) is 0 Å². The van der Waals surface area contributed by atoms with Crippen molar-refractivity contribution in [2.45, 2.75) is 31.3 Å². The molecule has 0 aliphatic carbocycles. The molecule has 0 saturated carbocycles. The lowest BCUT2D eigenvalue weighted by Gasteiger charge is -2.12. The summed E-state index contributed by atoms with van der Waals surface area (Å²) >= 11 is 0. The average Bonchev–Trinajstić information content (AvgIpc) is 2.19. The minimum atomic E-state index is -0.842. The summed E-state index contributed by atoms with van der Waals surface area (Å²) in [5, 5.41) is 0.130. The fourth-order valence-electron chi connectivity index (χ4n) is 1.54. The molecule has 1 aromatic carbocycles. The van der Waals surface area contributed by atoms with E-state index in [9.17, 15) is 4.21 Å². The summed E-state index contributed by atoms with van der Waals surface area (Å²) < 4.78 is 11.9. The minimum Gasteiger partial charge on any atom is -0.329 e. The maximum atomic E-state index is 11.9. The Morgan fingerprint density at radius 3 is 2.73 bits per heavy atom. The van der Waals surface area contributed by atoms with Crippen LogP contribution in [0, 0.1) is 6.92 Å². The lowest BCUT2D eigenvalue weighted by molar-refractivity contribution is 0.663. The van der Waals surface area contributed by atoms with Crippen LogP contribution < -0.4 is 5.73 Å². The number of nitrogens with two attached hydrogens (primary N) is 1. The molecule has 0 heterocycles. The Morgan fingerprint density at radius 1 is 1.47 bits per heavy atom. The second kappa shape index (κ2) is 6.03. The zero-order valence-electron chi connectivity index (χ0n) is 9.40. The van der Waals surface area contributed by atoms with Crippen LogP contribution in [-0.2, 0) is 16.6 Å². The van der Waals surface area contributed by atoms with E-state index in [4.69, 9.17) is 5.73 Å². The first-order valence-corrected chi connectivity index (χ1v) is 6.68. The molecular weight excluding hydrogens is 206 g/mol. The summed E-state index contributed by atoms with van der Waals surface area (Å²) in [6, 6.07) is 8.16. The minimum absolute atomic E-state index is 0.130. The van der Waals surface area contributed by atoms with Crippen molar-refractivity contribution in [3.63, 3.8) is 0 Å². The molecule has 3 heteroatoms. The van der Waals surface area contributed by atoms with Gasteiger partial charge in [-0.3, -0.25) is 4.21 Å². The van der Waals surface area contributed by atoms with Crippen LogP contribution in [0.25, 0.3) is 0 Å². The lowest BCUT2D eigenvalue weighted by atomic mass is 10.2. The van der Waals surface area contributed by atoms with Crippen molar-refractivity contribution in [3.05, 3.63) is 35.4 Å². The van der Waals surface area contributed by atoms with Crippen LogP contribution in [-0.4, -0.2) is 16.0 Å². The van der Waals surface area contributed by atoms with E-state index in [1.54, 1.807) is 0 Å². The van der Waals surface area contributed by atoms with Gasteiger partial charge in [-0.1, -0.05) is 36.8 Å². The van der Waals surface area contributed by atoms with Gasteiger partial charge < -0.3 is 5.73 Å². The molecule has 2 N–H and O–H groups in total. The summed E-state index contributed by atoms with van der Waals surface area (Å²) in [4.78, 5) is 0. The van der Waals surface area contributed by atoms with Crippen molar-refractivity contribution >= 4 is 10.8 Å². The van der Waals surface area contributed by atoms with Gasteiger partial charge in [0.2, 0.25) is 0 Å². The highest BCUT2D eigenvalue weighted by Crippen LogP contribution is 2.10. The van der Waals surface area contributed by atoms with Gasteiger partial charge in [-0.25, -0.2) is 0 Å². The molecule has 0 aromatic heterocycles. The van der Waals surface area contributed by atoms with Gasteiger partial charge in [0.1, 0.15) is 0 Å². The smallest absolute Gasteiger partial charge is 0.0489 e. The zero-order chi connectivity index (χ0) is 11.3. The normalized spacial score (nSPS) is 14.9. The highest BCUT2D eigenvalue weighted by atomic mass is 32.2. The van der Waals surface area contributed by atoms with Gasteiger partial charge in [0, 0.05) is 28.3 Å². The van der Waals surface area contributed by atoms with Gasteiger partial charge in [0.15, 0.2) is 0 Å². The molecular formula is C12H19NOS. The van der Waals surface area contributed by atoms with E-state index >= 15 is 0 Å². The molecule has 2 atom stereocenters. The maximum absolute atomic E-state index is 11.9. The number of rotatable bonds is 5. The third-order valence-electron chi connectivity index (χ3n) is 2.48. The Bertz CT molecular complexity index is 334. The van der Waals surface area contributed by atoms with Crippen LogP contribution in [0.2, 0.25) is 0 Å².